The fourth-order valence-corrected chi connectivity index (χ4v) is 1.52. The van der Waals surface area contributed by atoms with Crippen molar-refractivity contribution in [1.29, 1.82) is 0 Å². The van der Waals surface area contributed by atoms with Crippen molar-refractivity contribution < 1.29 is 4.79 Å². The van der Waals surface area contributed by atoms with Crippen LogP contribution >= 0.6 is 0 Å². The number of aromatic nitrogens is 1. The maximum atomic E-state index is 11.8. The van der Waals surface area contributed by atoms with Gasteiger partial charge in [0, 0.05) is 11.6 Å². The highest BCUT2D eigenvalue weighted by molar-refractivity contribution is 5.93. The third-order valence-corrected chi connectivity index (χ3v) is 2.48. The lowest BCUT2D eigenvalue weighted by molar-refractivity contribution is -0.123. The molecule has 1 rings (SSSR count). The van der Waals surface area contributed by atoms with Crippen LogP contribution in [0.4, 0.5) is 5.82 Å². The van der Waals surface area contributed by atoms with E-state index in [1.165, 1.54) is 5.56 Å². The molecule has 18 heavy (non-hydrogen) atoms. The molecule has 0 unspecified atom stereocenters. The third-order valence-electron chi connectivity index (χ3n) is 2.48. The average Bonchev–Trinajstić information content (AvgIpc) is 2.17. The predicted octanol–water partition coefficient (Wildman–Crippen LogP) is 3.65. The van der Waals surface area contributed by atoms with E-state index in [1.807, 2.05) is 39.1 Å². The van der Waals surface area contributed by atoms with E-state index in [9.17, 15) is 4.79 Å². The van der Waals surface area contributed by atoms with Gasteiger partial charge in [-0.1, -0.05) is 47.6 Å². The van der Waals surface area contributed by atoms with E-state index >= 15 is 0 Å². The zero-order valence-corrected chi connectivity index (χ0v) is 12.3. The van der Waals surface area contributed by atoms with Crippen molar-refractivity contribution in [3.05, 3.63) is 23.9 Å². The van der Waals surface area contributed by atoms with E-state index in [0.29, 0.717) is 5.82 Å². The summed E-state index contributed by atoms with van der Waals surface area (Å²) in [5.74, 6) is 0.603. The molecule has 0 saturated carbocycles. The largest absolute Gasteiger partial charge is 0.310 e. The van der Waals surface area contributed by atoms with Crippen molar-refractivity contribution in [2.45, 2.75) is 48.0 Å². The molecule has 100 valence electrons. The number of pyridine rings is 1. The summed E-state index contributed by atoms with van der Waals surface area (Å²) in [7, 11) is 0. The molecule has 1 aromatic heterocycles. The number of carbonyl (C=O) groups excluding carboxylic acids is 1. The van der Waals surface area contributed by atoms with E-state index in [2.05, 4.69) is 31.1 Å². The highest BCUT2D eigenvalue weighted by atomic mass is 16.2. The molecular weight excluding hydrogens is 224 g/mol. The molecule has 1 aromatic rings. The van der Waals surface area contributed by atoms with Gasteiger partial charge >= 0.3 is 0 Å². The standard InChI is InChI=1S/C15H24N2O/c1-14(2,3)9-11-7-8-12(16-10-11)17-13(18)15(4,5)6/h7-8,10H,9H2,1-6H3,(H,16,17,18). The van der Waals surface area contributed by atoms with Gasteiger partial charge in [0.15, 0.2) is 0 Å². The van der Waals surface area contributed by atoms with Crippen molar-refractivity contribution in [1.82, 2.24) is 4.98 Å². The SMILES string of the molecule is CC(C)(C)Cc1ccc(NC(=O)C(C)(C)C)nc1. The van der Waals surface area contributed by atoms with Crippen LogP contribution in [0.2, 0.25) is 0 Å². The molecule has 0 spiro atoms. The number of carbonyl (C=O) groups is 1. The maximum absolute atomic E-state index is 11.8. The summed E-state index contributed by atoms with van der Waals surface area (Å²) in [5.41, 5.74) is 1.04. The lowest BCUT2D eigenvalue weighted by Crippen LogP contribution is -2.28. The summed E-state index contributed by atoms with van der Waals surface area (Å²) in [6, 6.07) is 3.89. The summed E-state index contributed by atoms with van der Waals surface area (Å²) in [5, 5.41) is 2.82. The molecular formula is C15H24N2O. The van der Waals surface area contributed by atoms with Crippen molar-refractivity contribution in [2.24, 2.45) is 10.8 Å². The minimum atomic E-state index is -0.397. The molecule has 3 heteroatoms. The Kier molecular flexibility index (Phi) is 4.15. The Morgan fingerprint density at radius 1 is 1.17 bits per heavy atom. The summed E-state index contributed by atoms with van der Waals surface area (Å²) < 4.78 is 0. The van der Waals surface area contributed by atoms with Crippen molar-refractivity contribution in [3.63, 3.8) is 0 Å². The summed E-state index contributed by atoms with van der Waals surface area (Å²) >= 11 is 0. The molecule has 0 aliphatic carbocycles. The van der Waals surface area contributed by atoms with Crippen LogP contribution in [0.15, 0.2) is 18.3 Å². The summed E-state index contributed by atoms with van der Waals surface area (Å²) in [6.45, 7) is 12.2. The number of anilines is 1. The van der Waals surface area contributed by atoms with Crippen molar-refractivity contribution >= 4 is 11.7 Å². The van der Waals surface area contributed by atoms with Crippen LogP contribution in [0.3, 0.4) is 0 Å². The van der Waals surface area contributed by atoms with Crippen LogP contribution in [-0.4, -0.2) is 10.9 Å². The number of hydrogen-bond donors (Lipinski definition) is 1. The average molecular weight is 248 g/mol. The van der Waals surface area contributed by atoms with E-state index in [0.717, 1.165) is 6.42 Å². The molecule has 1 amide bonds. The zero-order valence-electron chi connectivity index (χ0n) is 12.3. The van der Waals surface area contributed by atoms with Gasteiger partial charge in [0.05, 0.1) is 0 Å². The Labute approximate surface area is 110 Å². The molecule has 0 aromatic carbocycles. The van der Waals surface area contributed by atoms with E-state index in [4.69, 9.17) is 0 Å². The van der Waals surface area contributed by atoms with Crippen molar-refractivity contribution in [3.8, 4) is 0 Å². The van der Waals surface area contributed by atoms with Crippen LogP contribution in [0, 0.1) is 10.8 Å². The molecule has 0 radical (unpaired) electrons. The number of nitrogens with zero attached hydrogens (tertiary/aromatic N) is 1. The fraction of sp³-hybridized carbons (Fsp3) is 0.600. The number of nitrogens with one attached hydrogen (secondary N) is 1. The second-order valence-electron chi connectivity index (χ2n) is 6.99. The Bertz CT molecular complexity index is 408. The predicted molar refractivity (Wildman–Crippen MR) is 75.5 cm³/mol. The minimum absolute atomic E-state index is 0.0152. The lowest BCUT2D eigenvalue weighted by Gasteiger charge is -2.19. The highest BCUT2D eigenvalue weighted by Gasteiger charge is 2.21. The first kappa shape index (κ1) is 14.7. The summed E-state index contributed by atoms with van der Waals surface area (Å²) in [4.78, 5) is 16.1. The molecule has 1 heterocycles. The molecule has 0 saturated heterocycles. The fourth-order valence-electron chi connectivity index (χ4n) is 1.52. The monoisotopic (exact) mass is 248 g/mol. The minimum Gasteiger partial charge on any atom is -0.310 e. The quantitative estimate of drug-likeness (QED) is 0.868. The number of rotatable bonds is 2. The van der Waals surface area contributed by atoms with Gasteiger partial charge in [-0.2, -0.15) is 0 Å². The van der Waals surface area contributed by atoms with Gasteiger partial charge < -0.3 is 5.32 Å². The normalized spacial score (nSPS) is 12.3. The first-order valence-corrected chi connectivity index (χ1v) is 6.34. The second kappa shape index (κ2) is 5.09. The van der Waals surface area contributed by atoms with Gasteiger partial charge in [-0.3, -0.25) is 4.79 Å². The lowest BCUT2D eigenvalue weighted by atomic mass is 9.89. The molecule has 0 atom stereocenters. The van der Waals surface area contributed by atoms with E-state index < -0.39 is 5.41 Å². The molecule has 3 nitrogen and oxygen atoms in total. The van der Waals surface area contributed by atoms with Crippen LogP contribution in [0.1, 0.15) is 47.1 Å². The van der Waals surface area contributed by atoms with Gasteiger partial charge in [0.25, 0.3) is 0 Å². The van der Waals surface area contributed by atoms with Crippen LogP contribution in [-0.2, 0) is 11.2 Å². The molecule has 0 aliphatic heterocycles. The second-order valence-corrected chi connectivity index (χ2v) is 6.99. The van der Waals surface area contributed by atoms with Crippen LogP contribution in [0.5, 0.6) is 0 Å². The molecule has 0 fully saturated rings. The molecule has 1 N–H and O–H groups in total. The van der Waals surface area contributed by atoms with Crippen molar-refractivity contribution in [2.75, 3.05) is 5.32 Å². The smallest absolute Gasteiger partial charge is 0.230 e. The number of hydrogen-bond acceptors (Lipinski definition) is 2. The van der Waals surface area contributed by atoms with E-state index in [-0.39, 0.29) is 11.3 Å². The van der Waals surface area contributed by atoms with Gasteiger partial charge in [-0.25, -0.2) is 4.98 Å². The topological polar surface area (TPSA) is 42.0 Å². The van der Waals surface area contributed by atoms with Gasteiger partial charge in [-0.05, 0) is 23.5 Å². The zero-order chi connectivity index (χ0) is 14.0. The van der Waals surface area contributed by atoms with Gasteiger partial charge in [-0.15, -0.1) is 0 Å². The first-order valence-electron chi connectivity index (χ1n) is 6.34. The Morgan fingerprint density at radius 2 is 1.78 bits per heavy atom. The highest BCUT2D eigenvalue weighted by Crippen LogP contribution is 2.21. The molecule has 0 aliphatic rings. The van der Waals surface area contributed by atoms with Crippen LogP contribution in [0.25, 0.3) is 0 Å². The summed E-state index contributed by atoms with van der Waals surface area (Å²) in [6.07, 6.45) is 2.82. The number of amides is 1. The third kappa shape index (κ3) is 4.86. The Balaban J connectivity index is 2.70. The van der Waals surface area contributed by atoms with E-state index in [1.54, 1.807) is 0 Å². The first-order chi connectivity index (χ1) is 8.08. The Hall–Kier alpha value is -1.38. The molecule has 0 bridgehead atoms. The maximum Gasteiger partial charge on any atom is 0.230 e. The Morgan fingerprint density at radius 3 is 2.17 bits per heavy atom. The van der Waals surface area contributed by atoms with Gasteiger partial charge in [0.2, 0.25) is 5.91 Å². The van der Waals surface area contributed by atoms with Crippen LogP contribution < -0.4 is 5.32 Å². The van der Waals surface area contributed by atoms with Gasteiger partial charge in [0.1, 0.15) is 5.82 Å².